The van der Waals surface area contributed by atoms with Gasteiger partial charge in [0.2, 0.25) is 5.91 Å². The van der Waals surface area contributed by atoms with Crippen LogP contribution in [0.4, 0.5) is 0 Å². The van der Waals surface area contributed by atoms with Gasteiger partial charge in [0.25, 0.3) is 0 Å². The first kappa shape index (κ1) is 18.5. The van der Waals surface area contributed by atoms with Gasteiger partial charge < -0.3 is 9.47 Å². The predicted octanol–water partition coefficient (Wildman–Crippen LogP) is 4.24. The molecule has 0 fully saturated rings. The van der Waals surface area contributed by atoms with Gasteiger partial charge in [0, 0.05) is 19.6 Å². The number of nitrogens with zero attached hydrogens (tertiary/aromatic N) is 3. The van der Waals surface area contributed by atoms with E-state index in [9.17, 15) is 4.79 Å². The molecule has 5 heteroatoms. The first-order chi connectivity index (χ1) is 12.7. The fourth-order valence-corrected chi connectivity index (χ4v) is 4.00. The second kappa shape index (κ2) is 8.90. The minimum Gasteiger partial charge on any atom is -0.343 e. The van der Waals surface area contributed by atoms with Crippen LogP contribution in [0.3, 0.4) is 0 Å². The number of amides is 1. The van der Waals surface area contributed by atoms with Crippen LogP contribution in [0.5, 0.6) is 0 Å². The Hall–Kier alpha value is -2.27. The fraction of sp³-hybridized carbons (Fsp3) is 0.333. The molecule has 0 N–H and O–H groups in total. The van der Waals surface area contributed by atoms with Crippen molar-refractivity contribution in [2.45, 2.75) is 32.0 Å². The maximum absolute atomic E-state index is 12.4. The minimum atomic E-state index is 0.168. The first-order valence-corrected chi connectivity index (χ1v) is 10.1. The van der Waals surface area contributed by atoms with Gasteiger partial charge >= 0.3 is 0 Å². The number of fused-ring (bicyclic) bond motifs is 1. The van der Waals surface area contributed by atoms with Gasteiger partial charge in [-0.2, -0.15) is 0 Å². The van der Waals surface area contributed by atoms with Gasteiger partial charge in [-0.25, -0.2) is 4.98 Å². The normalized spacial score (nSPS) is 11.0. The molecule has 3 aromatic rings. The van der Waals surface area contributed by atoms with Crippen LogP contribution in [0.1, 0.15) is 19.4 Å². The van der Waals surface area contributed by atoms with Gasteiger partial charge in [-0.3, -0.25) is 4.79 Å². The molecule has 0 aliphatic heterocycles. The van der Waals surface area contributed by atoms with Crippen LogP contribution in [0.2, 0.25) is 0 Å². The van der Waals surface area contributed by atoms with Crippen LogP contribution >= 0.6 is 11.8 Å². The summed E-state index contributed by atoms with van der Waals surface area (Å²) in [6.45, 7) is 6.38. The zero-order valence-electron chi connectivity index (χ0n) is 15.4. The molecule has 0 atom stereocenters. The zero-order chi connectivity index (χ0) is 18.4. The number of imidazole rings is 1. The molecule has 1 aromatic heterocycles. The third-order valence-electron chi connectivity index (χ3n) is 4.53. The highest BCUT2D eigenvalue weighted by Crippen LogP contribution is 2.25. The maximum Gasteiger partial charge on any atom is 0.233 e. The molecule has 1 amide bonds. The summed E-state index contributed by atoms with van der Waals surface area (Å²) in [5.74, 6) is 0.595. The average Bonchev–Trinajstić information content (AvgIpc) is 3.04. The third kappa shape index (κ3) is 4.28. The number of hydrogen-bond donors (Lipinski definition) is 0. The van der Waals surface area contributed by atoms with Gasteiger partial charge in [-0.1, -0.05) is 54.2 Å². The molecule has 0 spiro atoms. The van der Waals surface area contributed by atoms with Crippen molar-refractivity contribution in [3.05, 3.63) is 60.2 Å². The molecule has 26 heavy (non-hydrogen) atoms. The molecule has 0 radical (unpaired) electrons. The lowest BCUT2D eigenvalue weighted by Crippen LogP contribution is -2.31. The summed E-state index contributed by atoms with van der Waals surface area (Å²) in [5, 5.41) is 0.919. The summed E-state index contributed by atoms with van der Waals surface area (Å²) < 4.78 is 2.24. The van der Waals surface area contributed by atoms with Crippen LogP contribution in [0.25, 0.3) is 11.0 Å². The second-order valence-electron chi connectivity index (χ2n) is 6.13. The van der Waals surface area contributed by atoms with E-state index in [0.29, 0.717) is 5.75 Å². The number of thioether (sulfide) groups is 1. The van der Waals surface area contributed by atoms with Crippen LogP contribution in [-0.4, -0.2) is 39.2 Å². The van der Waals surface area contributed by atoms with Crippen molar-refractivity contribution >= 4 is 28.7 Å². The lowest BCUT2D eigenvalue weighted by molar-refractivity contribution is -0.127. The van der Waals surface area contributed by atoms with E-state index in [4.69, 9.17) is 4.98 Å². The summed E-state index contributed by atoms with van der Waals surface area (Å²) in [7, 11) is 0. The van der Waals surface area contributed by atoms with E-state index in [1.807, 2.05) is 43.0 Å². The molecule has 2 aromatic carbocycles. The monoisotopic (exact) mass is 367 g/mol. The Balaban J connectivity index is 1.79. The zero-order valence-corrected chi connectivity index (χ0v) is 16.2. The molecule has 0 aliphatic carbocycles. The van der Waals surface area contributed by atoms with Crippen molar-refractivity contribution in [2.24, 2.45) is 0 Å². The van der Waals surface area contributed by atoms with Crippen molar-refractivity contribution in [2.75, 3.05) is 18.8 Å². The number of carbonyl (C=O) groups excluding carboxylic acids is 1. The molecular formula is C21H25N3OS. The van der Waals surface area contributed by atoms with Crippen molar-refractivity contribution in [1.29, 1.82) is 0 Å². The van der Waals surface area contributed by atoms with Crippen molar-refractivity contribution in [3.63, 3.8) is 0 Å². The predicted molar refractivity (Wildman–Crippen MR) is 109 cm³/mol. The van der Waals surface area contributed by atoms with Crippen molar-refractivity contribution in [1.82, 2.24) is 14.5 Å². The number of benzene rings is 2. The topological polar surface area (TPSA) is 38.1 Å². The number of para-hydroxylation sites is 2. The van der Waals surface area contributed by atoms with E-state index < -0.39 is 0 Å². The Labute approximate surface area is 159 Å². The number of carbonyl (C=O) groups is 1. The van der Waals surface area contributed by atoms with Gasteiger partial charge in [0.15, 0.2) is 5.16 Å². The summed E-state index contributed by atoms with van der Waals surface area (Å²) in [5.41, 5.74) is 3.42. The molecule has 0 saturated carbocycles. The summed E-state index contributed by atoms with van der Waals surface area (Å²) in [6.07, 6.45) is 0.943. The first-order valence-electron chi connectivity index (χ1n) is 9.12. The Morgan fingerprint density at radius 3 is 2.46 bits per heavy atom. The number of aromatic nitrogens is 2. The molecular weight excluding hydrogens is 342 g/mol. The van der Waals surface area contributed by atoms with E-state index in [2.05, 4.69) is 34.9 Å². The SMILES string of the molecule is CCN(CC)C(=O)CSc1nc2ccccc2n1CCc1ccccc1. The molecule has 0 saturated heterocycles. The smallest absolute Gasteiger partial charge is 0.233 e. The standard InChI is InChI=1S/C21H25N3OS/c1-3-23(4-2)20(25)16-26-21-22-18-12-8-9-13-19(18)24(21)15-14-17-10-6-5-7-11-17/h5-13H,3-4,14-16H2,1-2H3. The largest absolute Gasteiger partial charge is 0.343 e. The van der Waals surface area contributed by atoms with Crippen LogP contribution in [0, 0.1) is 0 Å². The number of hydrogen-bond acceptors (Lipinski definition) is 3. The lowest BCUT2D eigenvalue weighted by atomic mass is 10.1. The Morgan fingerprint density at radius 1 is 1.04 bits per heavy atom. The van der Waals surface area contributed by atoms with E-state index in [1.54, 1.807) is 0 Å². The highest BCUT2D eigenvalue weighted by molar-refractivity contribution is 7.99. The molecule has 4 nitrogen and oxygen atoms in total. The summed E-state index contributed by atoms with van der Waals surface area (Å²) in [6, 6.07) is 18.7. The van der Waals surface area contributed by atoms with Gasteiger partial charge in [0.1, 0.15) is 0 Å². The second-order valence-corrected chi connectivity index (χ2v) is 7.07. The Bertz CT molecular complexity index is 856. The van der Waals surface area contributed by atoms with E-state index in [1.165, 1.54) is 17.3 Å². The van der Waals surface area contributed by atoms with Crippen LogP contribution in [0.15, 0.2) is 59.8 Å². The highest BCUT2D eigenvalue weighted by Gasteiger charge is 2.15. The van der Waals surface area contributed by atoms with Crippen LogP contribution < -0.4 is 0 Å². The lowest BCUT2D eigenvalue weighted by Gasteiger charge is -2.18. The minimum absolute atomic E-state index is 0.168. The van der Waals surface area contributed by atoms with Crippen molar-refractivity contribution < 1.29 is 4.79 Å². The molecule has 0 aliphatic rings. The van der Waals surface area contributed by atoms with Crippen molar-refractivity contribution in [3.8, 4) is 0 Å². The van der Waals surface area contributed by atoms with Gasteiger partial charge in [-0.15, -0.1) is 0 Å². The highest BCUT2D eigenvalue weighted by atomic mass is 32.2. The third-order valence-corrected chi connectivity index (χ3v) is 5.49. The summed E-state index contributed by atoms with van der Waals surface area (Å²) >= 11 is 1.54. The van der Waals surface area contributed by atoms with Gasteiger partial charge in [0.05, 0.1) is 16.8 Å². The summed E-state index contributed by atoms with van der Waals surface area (Å²) in [4.78, 5) is 19.0. The average molecular weight is 368 g/mol. The molecule has 3 rings (SSSR count). The molecule has 136 valence electrons. The Morgan fingerprint density at radius 2 is 1.73 bits per heavy atom. The fourth-order valence-electron chi connectivity index (χ4n) is 3.06. The molecule has 1 heterocycles. The quantitative estimate of drug-likeness (QED) is 0.559. The maximum atomic E-state index is 12.4. The van der Waals surface area contributed by atoms with E-state index in [0.717, 1.165) is 42.2 Å². The van der Waals surface area contributed by atoms with Crippen LogP contribution in [-0.2, 0) is 17.8 Å². The van der Waals surface area contributed by atoms with E-state index in [-0.39, 0.29) is 5.91 Å². The van der Waals surface area contributed by atoms with E-state index >= 15 is 0 Å². The molecule has 0 unspecified atom stereocenters. The number of rotatable bonds is 8. The number of aryl methyl sites for hydroxylation is 2. The molecule has 0 bridgehead atoms. The Kier molecular flexibility index (Phi) is 6.34. The van der Waals surface area contributed by atoms with Gasteiger partial charge in [-0.05, 0) is 38.0 Å².